The standard InChI is InChI=1S/C14H18/c1-14(10-6-3-7-11-14)12-13-8-4-2-5-9-13/h2-8,10,13H,9,11-12H2,1H3. The van der Waals surface area contributed by atoms with Crippen molar-refractivity contribution in [2.75, 3.05) is 0 Å². The number of hydrogen-bond acceptors (Lipinski definition) is 0. The van der Waals surface area contributed by atoms with Gasteiger partial charge in [0.2, 0.25) is 0 Å². The molecule has 2 unspecified atom stereocenters. The minimum Gasteiger partial charge on any atom is -0.0840 e. The second kappa shape index (κ2) is 4.00. The number of hydrogen-bond donors (Lipinski definition) is 0. The van der Waals surface area contributed by atoms with Crippen LogP contribution in [0.25, 0.3) is 0 Å². The zero-order valence-corrected chi connectivity index (χ0v) is 8.82. The smallest absolute Gasteiger partial charge is 0.0103 e. The van der Waals surface area contributed by atoms with Crippen LogP contribution in [0.3, 0.4) is 0 Å². The molecule has 0 saturated carbocycles. The van der Waals surface area contributed by atoms with Gasteiger partial charge in [-0.05, 0) is 30.6 Å². The largest absolute Gasteiger partial charge is 0.0840 e. The van der Waals surface area contributed by atoms with Crippen molar-refractivity contribution in [1.29, 1.82) is 0 Å². The van der Waals surface area contributed by atoms with Crippen molar-refractivity contribution in [3.63, 3.8) is 0 Å². The normalized spacial score (nSPS) is 35.1. The molecule has 0 bridgehead atoms. The van der Waals surface area contributed by atoms with Crippen LogP contribution in [-0.2, 0) is 0 Å². The van der Waals surface area contributed by atoms with Crippen molar-refractivity contribution in [1.82, 2.24) is 0 Å². The van der Waals surface area contributed by atoms with E-state index in [0.29, 0.717) is 5.41 Å². The van der Waals surface area contributed by atoms with E-state index in [0.717, 1.165) is 5.92 Å². The van der Waals surface area contributed by atoms with Gasteiger partial charge in [0, 0.05) is 0 Å². The van der Waals surface area contributed by atoms with Crippen molar-refractivity contribution in [2.45, 2.75) is 26.2 Å². The van der Waals surface area contributed by atoms with Gasteiger partial charge in [0.05, 0.1) is 0 Å². The topological polar surface area (TPSA) is 0 Å². The van der Waals surface area contributed by atoms with Gasteiger partial charge in [-0.3, -0.25) is 0 Å². The fourth-order valence-electron chi connectivity index (χ4n) is 2.31. The Morgan fingerprint density at radius 1 is 1.14 bits per heavy atom. The highest BCUT2D eigenvalue weighted by Crippen LogP contribution is 2.36. The quantitative estimate of drug-likeness (QED) is 0.610. The third kappa shape index (κ3) is 2.25. The summed E-state index contributed by atoms with van der Waals surface area (Å²) in [5.41, 5.74) is 0.384. The van der Waals surface area contributed by atoms with Gasteiger partial charge in [-0.25, -0.2) is 0 Å². The Hall–Kier alpha value is -1.04. The number of allylic oxidation sites excluding steroid dienone is 8. The maximum Gasteiger partial charge on any atom is -0.0103 e. The molecule has 0 N–H and O–H groups in total. The van der Waals surface area contributed by atoms with Crippen molar-refractivity contribution in [3.8, 4) is 0 Å². The summed E-state index contributed by atoms with van der Waals surface area (Å²) in [6.07, 6.45) is 21.6. The molecule has 0 radical (unpaired) electrons. The van der Waals surface area contributed by atoms with Gasteiger partial charge >= 0.3 is 0 Å². The second-order valence-electron chi connectivity index (χ2n) is 4.66. The van der Waals surface area contributed by atoms with E-state index in [-0.39, 0.29) is 0 Å². The van der Waals surface area contributed by atoms with E-state index in [1.54, 1.807) is 0 Å². The van der Waals surface area contributed by atoms with E-state index >= 15 is 0 Å². The number of rotatable bonds is 2. The first-order valence-corrected chi connectivity index (χ1v) is 5.46. The van der Waals surface area contributed by atoms with Crippen LogP contribution in [0.15, 0.2) is 48.6 Å². The minimum absolute atomic E-state index is 0.384. The molecule has 0 amide bonds. The lowest BCUT2D eigenvalue weighted by Crippen LogP contribution is -2.18. The molecule has 2 aliphatic rings. The molecule has 0 spiro atoms. The van der Waals surface area contributed by atoms with E-state index in [1.807, 2.05) is 0 Å². The maximum atomic E-state index is 2.36. The molecular formula is C14H18. The van der Waals surface area contributed by atoms with E-state index < -0.39 is 0 Å². The van der Waals surface area contributed by atoms with Crippen LogP contribution < -0.4 is 0 Å². The zero-order valence-electron chi connectivity index (χ0n) is 8.82. The van der Waals surface area contributed by atoms with Crippen molar-refractivity contribution in [3.05, 3.63) is 48.6 Å². The van der Waals surface area contributed by atoms with Crippen molar-refractivity contribution in [2.24, 2.45) is 11.3 Å². The minimum atomic E-state index is 0.384. The lowest BCUT2D eigenvalue weighted by atomic mass is 9.75. The van der Waals surface area contributed by atoms with Gasteiger partial charge in [-0.1, -0.05) is 55.5 Å². The van der Waals surface area contributed by atoms with Crippen LogP contribution in [0.4, 0.5) is 0 Å². The molecule has 0 aromatic heterocycles. The summed E-state index contributed by atoms with van der Waals surface area (Å²) >= 11 is 0. The average molecular weight is 186 g/mol. The van der Waals surface area contributed by atoms with Gasteiger partial charge in [0.15, 0.2) is 0 Å². The summed E-state index contributed by atoms with van der Waals surface area (Å²) < 4.78 is 0. The van der Waals surface area contributed by atoms with Gasteiger partial charge in [-0.15, -0.1) is 0 Å². The molecule has 0 heterocycles. The molecule has 0 fully saturated rings. The fraction of sp³-hybridized carbons (Fsp3) is 0.429. The molecule has 0 aliphatic heterocycles. The van der Waals surface area contributed by atoms with E-state index in [9.17, 15) is 0 Å². The van der Waals surface area contributed by atoms with E-state index in [2.05, 4.69) is 55.5 Å². The summed E-state index contributed by atoms with van der Waals surface area (Å²) in [4.78, 5) is 0. The molecule has 0 aromatic carbocycles. The highest BCUT2D eigenvalue weighted by molar-refractivity contribution is 5.18. The second-order valence-corrected chi connectivity index (χ2v) is 4.66. The molecule has 14 heavy (non-hydrogen) atoms. The Bertz CT molecular complexity index is 304. The zero-order chi connectivity index (χ0) is 9.86. The first-order chi connectivity index (χ1) is 6.79. The van der Waals surface area contributed by atoms with Crippen molar-refractivity contribution < 1.29 is 0 Å². The first kappa shape index (κ1) is 9.51. The third-order valence-electron chi connectivity index (χ3n) is 3.13. The highest BCUT2D eigenvalue weighted by Gasteiger charge is 2.24. The Kier molecular flexibility index (Phi) is 2.72. The highest BCUT2D eigenvalue weighted by atomic mass is 14.3. The van der Waals surface area contributed by atoms with Gasteiger partial charge in [0.1, 0.15) is 0 Å². The van der Waals surface area contributed by atoms with Crippen LogP contribution in [0.2, 0.25) is 0 Å². The summed E-state index contributed by atoms with van der Waals surface area (Å²) in [6.45, 7) is 2.36. The molecule has 74 valence electrons. The Morgan fingerprint density at radius 3 is 2.64 bits per heavy atom. The van der Waals surface area contributed by atoms with Gasteiger partial charge in [0.25, 0.3) is 0 Å². The molecule has 0 heteroatoms. The third-order valence-corrected chi connectivity index (χ3v) is 3.13. The van der Waals surface area contributed by atoms with Crippen LogP contribution in [-0.4, -0.2) is 0 Å². The molecule has 0 nitrogen and oxygen atoms in total. The lowest BCUT2D eigenvalue weighted by molar-refractivity contribution is 0.339. The van der Waals surface area contributed by atoms with Gasteiger partial charge in [-0.2, -0.15) is 0 Å². The average Bonchev–Trinajstić information content (AvgIpc) is 2.19. The molecule has 0 saturated heterocycles. The summed E-state index contributed by atoms with van der Waals surface area (Å²) in [5, 5.41) is 0. The van der Waals surface area contributed by atoms with Crippen molar-refractivity contribution >= 4 is 0 Å². The molecule has 2 aliphatic carbocycles. The van der Waals surface area contributed by atoms with E-state index in [1.165, 1.54) is 19.3 Å². The summed E-state index contributed by atoms with van der Waals surface area (Å²) in [7, 11) is 0. The summed E-state index contributed by atoms with van der Waals surface area (Å²) in [5.74, 6) is 0.737. The Balaban J connectivity index is 1.96. The molecule has 0 aromatic rings. The predicted molar refractivity (Wildman–Crippen MR) is 62.0 cm³/mol. The van der Waals surface area contributed by atoms with Crippen LogP contribution in [0.5, 0.6) is 0 Å². The SMILES string of the molecule is CC1(CC2C=CC=CC2)C=CC=CC1. The first-order valence-electron chi connectivity index (χ1n) is 5.46. The Labute approximate surface area is 86.7 Å². The lowest BCUT2D eigenvalue weighted by Gasteiger charge is -2.30. The van der Waals surface area contributed by atoms with E-state index in [4.69, 9.17) is 0 Å². The maximum absolute atomic E-state index is 2.36. The molecule has 2 atom stereocenters. The Morgan fingerprint density at radius 2 is 2.00 bits per heavy atom. The molecule has 2 rings (SSSR count). The van der Waals surface area contributed by atoms with Gasteiger partial charge < -0.3 is 0 Å². The monoisotopic (exact) mass is 186 g/mol. The fourth-order valence-corrected chi connectivity index (χ4v) is 2.31. The predicted octanol–water partition coefficient (Wildman–Crippen LogP) is 4.03. The van der Waals surface area contributed by atoms with Crippen LogP contribution >= 0.6 is 0 Å². The van der Waals surface area contributed by atoms with Crippen LogP contribution in [0, 0.1) is 11.3 Å². The molecular weight excluding hydrogens is 168 g/mol. The van der Waals surface area contributed by atoms with Crippen LogP contribution in [0.1, 0.15) is 26.2 Å². The summed E-state index contributed by atoms with van der Waals surface area (Å²) in [6, 6.07) is 0.